The van der Waals surface area contributed by atoms with Crippen molar-refractivity contribution in [3.05, 3.63) is 30.1 Å². The van der Waals surface area contributed by atoms with Gasteiger partial charge in [-0.15, -0.1) is 0 Å². The number of carboxylic acid groups (broad SMARTS) is 1. The van der Waals surface area contributed by atoms with Gasteiger partial charge in [0.2, 0.25) is 0 Å². The Balaban J connectivity index is 1.92. The number of rotatable bonds is 4. The van der Waals surface area contributed by atoms with Crippen LogP contribution in [0.3, 0.4) is 0 Å². The van der Waals surface area contributed by atoms with Gasteiger partial charge in [0, 0.05) is 25.5 Å². The summed E-state index contributed by atoms with van der Waals surface area (Å²) in [6.07, 6.45) is 4.81. The van der Waals surface area contributed by atoms with Crippen molar-refractivity contribution in [3.63, 3.8) is 0 Å². The van der Waals surface area contributed by atoms with Gasteiger partial charge in [-0.2, -0.15) is 0 Å². The van der Waals surface area contributed by atoms with E-state index in [2.05, 4.69) is 16.8 Å². The van der Waals surface area contributed by atoms with Gasteiger partial charge in [-0.05, 0) is 36.1 Å². The van der Waals surface area contributed by atoms with E-state index in [-0.39, 0.29) is 11.8 Å². The molecule has 0 saturated carbocycles. The van der Waals surface area contributed by atoms with Gasteiger partial charge in [-0.1, -0.05) is 6.92 Å². The van der Waals surface area contributed by atoms with E-state index < -0.39 is 5.97 Å². The molecule has 2 heterocycles. The molecule has 17 heavy (non-hydrogen) atoms. The van der Waals surface area contributed by atoms with Crippen molar-refractivity contribution < 1.29 is 9.90 Å². The molecule has 1 aliphatic rings. The zero-order valence-corrected chi connectivity index (χ0v) is 10.1. The number of hydrogen-bond donors (Lipinski definition) is 1. The summed E-state index contributed by atoms with van der Waals surface area (Å²) in [7, 11) is 0. The molecule has 4 nitrogen and oxygen atoms in total. The molecule has 1 atom stereocenters. The third-order valence-electron chi connectivity index (χ3n) is 3.37. The van der Waals surface area contributed by atoms with Gasteiger partial charge in [-0.3, -0.25) is 14.7 Å². The second-order valence-corrected chi connectivity index (χ2v) is 5.20. The third-order valence-corrected chi connectivity index (χ3v) is 3.37. The fraction of sp³-hybridized carbons (Fsp3) is 0.538. The highest BCUT2D eigenvalue weighted by molar-refractivity contribution is 5.67. The number of aromatic nitrogens is 1. The Morgan fingerprint density at radius 1 is 1.53 bits per heavy atom. The number of nitrogens with zero attached hydrogens (tertiary/aromatic N) is 2. The van der Waals surface area contributed by atoms with Crippen molar-refractivity contribution in [3.8, 4) is 0 Å². The molecule has 92 valence electrons. The van der Waals surface area contributed by atoms with Gasteiger partial charge >= 0.3 is 5.97 Å². The van der Waals surface area contributed by atoms with Gasteiger partial charge in [0.25, 0.3) is 0 Å². The molecular formula is C13H18N2O2. The highest BCUT2D eigenvalue weighted by Crippen LogP contribution is 2.33. The Kier molecular flexibility index (Phi) is 3.43. The van der Waals surface area contributed by atoms with Gasteiger partial charge in [0.15, 0.2) is 0 Å². The number of aliphatic carboxylic acids is 1. The van der Waals surface area contributed by atoms with Crippen molar-refractivity contribution in [2.24, 2.45) is 5.41 Å². The molecule has 1 fully saturated rings. The second-order valence-electron chi connectivity index (χ2n) is 5.20. The first-order valence-corrected chi connectivity index (χ1v) is 5.90. The van der Waals surface area contributed by atoms with Crippen LogP contribution in [0.15, 0.2) is 24.5 Å². The minimum absolute atomic E-state index is 0.0706. The highest BCUT2D eigenvalue weighted by Gasteiger charge is 2.35. The van der Waals surface area contributed by atoms with Crippen LogP contribution in [-0.2, 0) is 11.3 Å². The smallest absolute Gasteiger partial charge is 0.303 e. The maximum Gasteiger partial charge on any atom is 0.303 e. The topological polar surface area (TPSA) is 53.4 Å². The maximum atomic E-state index is 10.8. The van der Waals surface area contributed by atoms with E-state index in [1.807, 2.05) is 12.1 Å². The number of likely N-dealkylation sites (tertiary alicyclic amines) is 1. The third kappa shape index (κ3) is 3.27. The molecule has 4 heteroatoms. The van der Waals surface area contributed by atoms with Gasteiger partial charge in [0.05, 0.1) is 6.42 Å². The first-order valence-electron chi connectivity index (χ1n) is 5.90. The molecule has 0 aliphatic carbocycles. The summed E-state index contributed by atoms with van der Waals surface area (Å²) in [4.78, 5) is 17.1. The van der Waals surface area contributed by atoms with E-state index in [4.69, 9.17) is 5.11 Å². The second kappa shape index (κ2) is 4.84. The van der Waals surface area contributed by atoms with Crippen molar-refractivity contribution in [2.75, 3.05) is 13.1 Å². The SMILES string of the molecule is CC1(CC(=O)O)CCN(Cc2ccncc2)C1. The first-order chi connectivity index (χ1) is 8.07. The lowest BCUT2D eigenvalue weighted by Gasteiger charge is -2.22. The van der Waals surface area contributed by atoms with E-state index in [0.717, 1.165) is 26.1 Å². The lowest BCUT2D eigenvalue weighted by atomic mass is 9.86. The molecule has 1 aromatic rings. The summed E-state index contributed by atoms with van der Waals surface area (Å²) >= 11 is 0. The highest BCUT2D eigenvalue weighted by atomic mass is 16.4. The monoisotopic (exact) mass is 234 g/mol. The normalized spacial score (nSPS) is 25.0. The molecular weight excluding hydrogens is 216 g/mol. The van der Waals surface area contributed by atoms with Crippen LogP contribution < -0.4 is 0 Å². The minimum atomic E-state index is -0.696. The lowest BCUT2D eigenvalue weighted by Crippen LogP contribution is -2.26. The summed E-state index contributed by atoms with van der Waals surface area (Å²) in [6, 6.07) is 4.01. The summed E-state index contributed by atoms with van der Waals surface area (Å²) in [5, 5.41) is 8.89. The van der Waals surface area contributed by atoms with Crippen molar-refractivity contribution in [1.29, 1.82) is 0 Å². The summed E-state index contributed by atoms with van der Waals surface area (Å²) < 4.78 is 0. The lowest BCUT2D eigenvalue weighted by molar-refractivity contribution is -0.139. The zero-order chi connectivity index (χ0) is 12.3. The Labute approximate surface area is 101 Å². The van der Waals surface area contributed by atoms with Crippen LogP contribution in [0.25, 0.3) is 0 Å². The summed E-state index contributed by atoms with van der Waals surface area (Å²) in [5.74, 6) is -0.696. The Morgan fingerprint density at radius 3 is 2.88 bits per heavy atom. The number of carboxylic acids is 1. The average Bonchev–Trinajstić information content (AvgIpc) is 2.60. The summed E-state index contributed by atoms with van der Waals surface area (Å²) in [5.41, 5.74) is 1.17. The van der Waals surface area contributed by atoms with Crippen LogP contribution in [0.1, 0.15) is 25.3 Å². The molecule has 2 rings (SSSR count). The van der Waals surface area contributed by atoms with E-state index in [9.17, 15) is 4.79 Å². The molecule has 1 aromatic heterocycles. The van der Waals surface area contributed by atoms with E-state index in [1.165, 1.54) is 5.56 Å². The van der Waals surface area contributed by atoms with Gasteiger partial charge < -0.3 is 5.11 Å². The maximum absolute atomic E-state index is 10.8. The molecule has 1 saturated heterocycles. The molecule has 0 amide bonds. The molecule has 1 unspecified atom stereocenters. The molecule has 0 aromatic carbocycles. The zero-order valence-electron chi connectivity index (χ0n) is 10.1. The van der Waals surface area contributed by atoms with E-state index in [0.29, 0.717) is 0 Å². The van der Waals surface area contributed by atoms with Crippen molar-refractivity contribution >= 4 is 5.97 Å². The number of carbonyl (C=O) groups is 1. The van der Waals surface area contributed by atoms with Crippen LogP contribution in [0.5, 0.6) is 0 Å². The molecule has 0 radical (unpaired) electrons. The standard InChI is InChI=1S/C13H18N2O2/c1-13(8-12(16)17)4-7-15(10-13)9-11-2-5-14-6-3-11/h2-3,5-6H,4,7-10H2,1H3,(H,16,17). The van der Waals surface area contributed by atoms with Crippen LogP contribution in [0.4, 0.5) is 0 Å². The van der Waals surface area contributed by atoms with Crippen LogP contribution in [0, 0.1) is 5.41 Å². The fourth-order valence-corrected chi connectivity index (χ4v) is 2.52. The first kappa shape index (κ1) is 12.0. The molecule has 0 spiro atoms. The number of pyridine rings is 1. The summed E-state index contributed by atoms with van der Waals surface area (Å²) in [6.45, 7) is 4.79. The van der Waals surface area contributed by atoms with Crippen LogP contribution in [-0.4, -0.2) is 34.0 Å². The Hall–Kier alpha value is -1.42. The Morgan fingerprint density at radius 2 is 2.24 bits per heavy atom. The largest absolute Gasteiger partial charge is 0.481 e. The quantitative estimate of drug-likeness (QED) is 0.862. The predicted molar refractivity (Wildman–Crippen MR) is 64.5 cm³/mol. The molecule has 1 aliphatic heterocycles. The number of hydrogen-bond acceptors (Lipinski definition) is 3. The Bertz CT molecular complexity index is 394. The van der Waals surface area contributed by atoms with E-state index in [1.54, 1.807) is 12.4 Å². The van der Waals surface area contributed by atoms with Gasteiger partial charge in [0.1, 0.15) is 0 Å². The predicted octanol–water partition coefficient (Wildman–Crippen LogP) is 1.77. The fourth-order valence-electron chi connectivity index (χ4n) is 2.52. The van der Waals surface area contributed by atoms with Crippen LogP contribution >= 0.6 is 0 Å². The average molecular weight is 234 g/mol. The molecule has 0 bridgehead atoms. The van der Waals surface area contributed by atoms with Crippen molar-refractivity contribution in [1.82, 2.24) is 9.88 Å². The van der Waals surface area contributed by atoms with E-state index >= 15 is 0 Å². The van der Waals surface area contributed by atoms with Gasteiger partial charge in [-0.25, -0.2) is 0 Å². The minimum Gasteiger partial charge on any atom is -0.481 e. The van der Waals surface area contributed by atoms with Crippen molar-refractivity contribution in [2.45, 2.75) is 26.3 Å². The van der Waals surface area contributed by atoms with Crippen LogP contribution in [0.2, 0.25) is 0 Å². The molecule has 1 N–H and O–H groups in total.